The highest BCUT2D eigenvalue weighted by Gasteiger charge is 2.29. The third kappa shape index (κ3) is 4.66. The fraction of sp³-hybridized carbons (Fsp3) is 0.636. The van der Waals surface area contributed by atoms with E-state index in [1.807, 2.05) is 0 Å². The van der Waals surface area contributed by atoms with Crippen LogP contribution >= 0.6 is 0 Å². The lowest BCUT2D eigenvalue weighted by molar-refractivity contribution is -0.120. The lowest BCUT2D eigenvalue weighted by Crippen LogP contribution is -2.40. The highest BCUT2D eigenvalue weighted by Crippen LogP contribution is 2.36. The summed E-state index contributed by atoms with van der Waals surface area (Å²) >= 11 is 0. The summed E-state index contributed by atoms with van der Waals surface area (Å²) in [5, 5.41) is 6.30. The first-order valence-electron chi connectivity index (χ1n) is 10.2. The second-order valence-corrected chi connectivity index (χ2v) is 8.06. The summed E-state index contributed by atoms with van der Waals surface area (Å²) in [6, 6.07) is 9.51. The minimum absolute atomic E-state index is 0.0684. The molecule has 0 saturated heterocycles. The molecule has 2 aliphatic rings. The van der Waals surface area contributed by atoms with E-state index in [-0.39, 0.29) is 23.9 Å². The summed E-state index contributed by atoms with van der Waals surface area (Å²) in [4.78, 5) is 23.1. The molecule has 2 fully saturated rings. The van der Waals surface area contributed by atoms with Crippen LogP contribution in [0.5, 0.6) is 0 Å². The average Bonchev–Trinajstić information content (AvgIpc) is 2.62. The molecule has 1 aromatic rings. The van der Waals surface area contributed by atoms with Gasteiger partial charge in [-0.05, 0) is 36.8 Å². The van der Waals surface area contributed by atoms with Crippen LogP contribution in [0.2, 0.25) is 0 Å². The second-order valence-electron chi connectivity index (χ2n) is 8.06. The van der Waals surface area contributed by atoms with E-state index in [4.69, 9.17) is 0 Å². The van der Waals surface area contributed by atoms with Crippen LogP contribution in [-0.2, 0) is 9.59 Å². The van der Waals surface area contributed by atoms with Crippen molar-refractivity contribution in [1.29, 1.82) is 0 Å². The lowest BCUT2D eigenvalue weighted by Gasteiger charge is -2.34. The SMILES string of the molecule is CC(=O)N[C@H]1CCCC[C@@H]1c1ccc([C@@H]2CCCC[C@@H]2NC(C)=O)cc1. The highest BCUT2D eigenvalue weighted by molar-refractivity contribution is 5.73. The fourth-order valence-corrected chi connectivity index (χ4v) is 4.92. The molecule has 0 bridgehead atoms. The Morgan fingerprint density at radius 2 is 1.04 bits per heavy atom. The summed E-state index contributed by atoms with van der Waals surface area (Å²) in [6.07, 6.45) is 9.27. The normalized spacial score (nSPS) is 29.0. The summed E-state index contributed by atoms with van der Waals surface area (Å²) in [5.41, 5.74) is 2.66. The monoisotopic (exact) mass is 356 g/mol. The Hall–Kier alpha value is -1.84. The Balaban J connectivity index is 1.74. The van der Waals surface area contributed by atoms with E-state index in [0.29, 0.717) is 11.8 Å². The number of hydrogen-bond acceptors (Lipinski definition) is 2. The minimum Gasteiger partial charge on any atom is -0.353 e. The first kappa shape index (κ1) is 18.9. The quantitative estimate of drug-likeness (QED) is 0.856. The molecule has 4 nitrogen and oxygen atoms in total. The highest BCUT2D eigenvalue weighted by atomic mass is 16.2. The van der Waals surface area contributed by atoms with Gasteiger partial charge < -0.3 is 10.6 Å². The smallest absolute Gasteiger partial charge is 0.217 e. The molecule has 4 heteroatoms. The molecule has 3 rings (SSSR count). The summed E-state index contributed by atoms with van der Waals surface area (Å²) in [7, 11) is 0. The number of benzene rings is 1. The van der Waals surface area contributed by atoms with Crippen LogP contribution in [0.4, 0.5) is 0 Å². The van der Waals surface area contributed by atoms with Crippen molar-refractivity contribution in [3.63, 3.8) is 0 Å². The summed E-state index contributed by atoms with van der Waals surface area (Å²) in [5.74, 6) is 0.969. The maximum atomic E-state index is 11.5. The van der Waals surface area contributed by atoms with Crippen LogP contribution < -0.4 is 10.6 Å². The van der Waals surface area contributed by atoms with E-state index in [0.717, 1.165) is 25.7 Å². The number of amides is 2. The standard InChI is InChI=1S/C22H32N2O2/c1-15(25)23-21-9-5-3-7-19(21)17-11-13-18(14-12-17)20-8-4-6-10-22(20)24-16(2)26/h11-14,19-22H,3-10H2,1-2H3,(H,23,25)(H,24,26)/t19-,20+,21-,22-/m0/s1. The van der Waals surface area contributed by atoms with Crippen molar-refractivity contribution in [3.8, 4) is 0 Å². The van der Waals surface area contributed by atoms with Crippen LogP contribution in [0.3, 0.4) is 0 Å². The largest absolute Gasteiger partial charge is 0.353 e. The van der Waals surface area contributed by atoms with Gasteiger partial charge in [-0.25, -0.2) is 0 Å². The van der Waals surface area contributed by atoms with E-state index >= 15 is 0 Å². The molecule has 142 valence electrons. The molecule has 2 saturated carbocycles. The summed E-state index contributed by atoms with van der Waals surface area (Å²) in [6.45, 7) is 3.22. The molecule has 0 aromatic heterocycles. The van der Waals surface area contributed by atoms with Gasteiger partial charge in [0.25, 0.3) is 0 Å². The molecule has 0 aliphatic heterocycles. The molecule has 0 radical (unpaired) electrons. The molecule has 2 aliphatic carbocycles. The molecule has 26 heavy (non-hydrogen) atoms. The third-order valence-corrected chi connectivity index (χ3v) is 6.10. The van der Waals surface area contributed by atoms with Gasteiger partial charge in [0, 0.05) is 37.8 Å². The number of hydrogen-bond donors (Lipinski definition) is 2. The van der Waals surface area contributed by atoms with E-state index in [9.17, 15) is 9.59 Å². The van der Waals surface area contributed by atoms with Crippen molar-refractivity contribution in [2.45, 2.75) is 89.1 Å². The van der Waals surface area contributed by atoms with Gasteiger partial charge >= 0.3 is 0 Å². The van der Waals surface area contributed by atoms with Crippen molar-refractivity contribution < 1.29 is 9.59 Å². The van der Waals surface area contributed by atoms with Crippen LogP contribution in [0, 0.1) is 0 Å². The van der Waals surface area contributed by atoms with Gasteiger partial charge in [0.05, 0.1) is 0 Å². The topological polar surface area (TPSA) is 58.2 Å². The van der Waals surface area contributed by atoms with E-state index in [1.165, 1.54) is 36.8 Å². The van der Waals surface area contributed by atoms with Crippen molar-refractivity contribution in [2.24, 2.45) is 0 Å². The number of carbonyl (C=O) groups is 2. The summed E-state index contributed by atoms with van der Waals surface area (Å²) < 4.78 is 0. The van der Waals surface area contributed by atoms with Crippen molar-refractivity contribution in [3.05, 3.63) is 35.4 Å². The Morgan fingerprint density at radius 1 is 0.692 bits per heavy atom. The molecular formula is C22H32N2O2. The zero-order chi connectivity index (χ0) is 18.5. The predicted octanol–water partition coefficient (Wildman–Crippen LogP) is 4.01. The first-order chi connectivity index (χ1) is 12.5. The number of nitrogens with one attached hydrogen (secondary N) is 2. The maximum absolute atomic E-state index is 11.5. The van der Waals surface area contributed by atoms with Gasteiger partial charge in [0.15, 0.2) is 0 Å². The van der Waals surface area contributed by atoms with Crippen molar-refractivity contribution >= 4 is 11.8 Å². The third-order valence-electron chi connectivity index (χ3n) is 6.10. The Labute approximate surface area is 157 Å². The van der Waals surface area contributed by atoms with Gasteiger partial charge in [-0.1, -0.05) is 49.9 Å². The molecular weight excluding hydrogens is 324 g/mol. The first-order valence-corrected chi connectivity index (χ1v) is 10.2. The Bertz CT molecular complexity index is 571. The van der Waals surface area contributed by atoms with Crippen LogP contribution in [0.1, 0.15) is 88.2 Å². The van der Waals surface area contributed by atoms with E-state index in [2.05, 4.69) is 34.9 Å². The molecule has 4 atom stereocenters. The van der Waals surface area contributed by atoms with Gasteiger partial charge in [-0.2, -0.15) is 0 Å². The maximum Gasteiger partial charge on any atom is 0.217 e. The Morgan fingerprint density at radius 3 is 1.38 bits per heavy atom. The molecule has 1 aromatic carbocycles. The van der Waals surface area contributed by atoms with Crippen LogP contribution in [-0.4, -0.2) is 23.9 Å². The predicted molar refractivity (Wildman–Crippen MR) is 104 cm³/mol. The molecule has 0 unspecified atom stereocenters. The molecule has 0 spiro atoms. The number of carbonyl (C=O) groups excluding carboxylic acids is 2. The van der Waals surface area contributed by atoms with Crippen molar-refractivity contribution in [1.82, 2.24) is 10.6 Å². The molecule has 0 heterocycles. The van der Waals surface area contributed by atoms with Crippen molar-refractivity contribution in [2.75, 3.05) is 0 Å². The van der Waals surface area contributed by atoms with Gasteiger partial charge in [0.2, 0.25) is 11.8 Å². The van der Waals surface area contributed by atoms with Crippen LogP contribution in [0.25, 0.3) is 0 Å². The van der Waals surface area contributed by atoms with Crippen LogP contribution in [0.15, 0.2) is 24.3 Å². The van der Waals surface area contributed by atoms with E-state index < -0.39 is 0 Å². The zero-order valence-corrected chi connectivity index (χ0v) is 16.1. The lowest BCUT2D eigenvalue weighted by atomic mass is 9.77. The second kappa shape index (κ2) is 8.70. The zero-order valence-electron chi connectivity index (χ0n) is 16.1. The minimum atomic E-state index is 0.0684. The van der Waals surface area contributed by atoms with Gasteiger partial charge in [0.1, 0.15) is 0 Å². The van der Waals surface area contributed by atoms with E-state index in [1.54, 1.807) is 13.8 Å². The average molecular weight is 357 g/mol. The van der Waals surface area contributed by atoms with Gasteiger partial charge in [-0.3, -0.25) is 9.59 Å². The fourth-order valence-electron chi connectivity index (χ4n) is 4.92. The molecule has 2 N–H and O–H groups in total. The molecule has 2 amide bonds. The number of rotatable bonds is 4. The van der Waals surface area contributed by atoms with Gasteiger partial charge in [-0.15, -0.1) is 0 Å². The Kier molecular flexibility index (Phi) is 6.33.